The number of rotatable bonds is 4. The molecule has 0 atom stereocenters. The number of nitrogens with one attached hydrogen (secondary N) is 1. The van der Waals surface area contributed by atoms with Crippen LogP contribution in [0.5, 0.6) is 5.75 Å². The molecular formula is C19H23NOS. The zero-order valence-corrected chi connectivity index (χ0v) is 14.1. The van der Waals surface area contributed by atoms with E-state index in [1.165, 1.54) is 33.8 Å². The second kappa shape index (κ2) is 7.21. The first-order valence-electron chi connectivity index (χ1n) is 7.89. The van der Waals surface area contributed by atoms with Gasteiger partial charge in [0.1, 0.15) is 5.75 Å². The standard InChI is InChI=1S/C19H23NOS/c1-14-3-8-19(18(13-14)15-9-11-20-12-10-15)22-17-6-4-16(21-2)5-7-17/h3-8,13,15,20H,9-12H2,1-2H3. The lowest BCUT2D eigenvalue weighted by atomic mass is 9.89. The molecule has 0 aromatic heterocycles. The third-order valence-electron chi connectivity index (χ3n) is 4.23. The number of aryl methyl sites for hydroxylation is 1. The predicted molar refractivity (Wildman–Crippen MR) is 93.1 cm³/mol. The first kappa shape index (κ1) is 15.4. The molecule has 0 bridgehead atoms. The van der Waals surface area contributed by atoms with Gasteiger partial charge in [0, 0.05) is 9.79 Å². The van der Waals surface area contributed by atoms with Crippen molar-refractivity contribution in [3.8, 4) is 5.75 Å². The monoisotopic (exact) mass is 313 g/mol. The fourth-order valence-corrected chi connectivity index (χ4v) is 3.99. The van der Waals surface area contributed by atoms with Crippen molar-refractivity contribution in [3.63, 3.8) is 0 Å². The van der Waals surface area contributed by atoms with Gasteiger partial charge < -0.3 is 10.1 Å². The molecule has 0 aliphatic carbocycles. The smallest absolute Gasteiger partial charge is 0.118 e. The molecule has 2 aromatic carbocycles. The molecule has 1 N–H and O–H groups in total. The van der Waals surface area contributed by atoms with Crippen molar-refractivity contribution in [2.24, 2.45) is 0 Å². The lowest BCUT2D eigenvalue weighted by Crippen LogP contribution is -2.26. The van der Waals surface area contributed by atoms with Gasteiger partial charge in [-0.05, 0) is 74.7 Å². The summed E-state index contributed by atoms with van der Waals surface area (Å²) in [4.78, 5) is 2.66. The summed E-state index contributed by atoms with van der Waals surface area (Å²) < 4.78 is 5.24. The van der Waals surface area contributed by atoms with E-state index in [1.807, 2.05) is 23.9 Å². The van der Waals surface area contributed by atoms with Crippen LogP contribution in [-0.2, 0) is 0 Å². The van der Waals surface area contributed by atoms with Crippen LogP contribution in [-0.4, -0.2) is 20.2 Å². The van der Waals surface area contributed by atoms with Crippen LogP contribution in [0, 0.1) is 6.92 Å². The van der Waals surface area contributed by atoms with E-state index in [0.717, 1.165) is 18.8 Å². The fraction of sp³-hybridized carbons (Fsp3) is 0.368. The lowest BCUT2D eigenvalue weighted by Gasteiger charge is -2.25. The zero-order chi connectivity index (χ0) is 15.4. The minimum atomic E-state index is 0.682. The van der Waals surface area contributed by atoms with Crippen LogP contribution in [0.15, 0.2) is 52.3 Å². The molecule has 1 fully saturated rings. The van der Waals surface area contributed by atoms with E-state index < -0.39 is 0 Å². The Kier molecular flexibility index (Phi) is 5.06. The van der Waals surface area contributed by atoms with Crippen molar-refractivity contribution in [3.05, 3.63) is 53.6 Å². The molecule has 3 heteroatoms. The van der Waals surface area contributed by atoms with Gasteiger partial charge in [-0.15, -0.1) is 0 Å². The van der Waals surface area contributed by atoms with Gasteiger partial charge in [0.25, 0.3) is 0 Å². The molecule has 1 heterocycles. The Hall–Kier alpha value is -1.45. The zero-order valence-electron chi connectivity index (χ0n) is 13.3. The molecule has 116 valence electrons. The minimum Gasteiger partial charge on any atom is -0.497 e. The second-order valence-corrected chi connectivity index (χ2v) is 6.96. The highest BCUT2D eigenvalue weighted by atomic mass is 32.2. The normalized spacial score (nSPS) is 15.7. The van der Waals surface area contributed by atoms with Crippen LogP contribution in [0.1, 0.15) is 29.9 Å². The summed E-state index contributed by atoms with van der Waals surface area (Å²) in [5, 5.41) is 3.46. The lowest BCUT2D eigenvalue weighted by molar-refractivity contribution is 0.414. The number of hydrogen-bond donors (Lipinski definition) is 1. The Bertz CT molecular complexity index is 618. The highest BCUT2D eigenvalue weighted by Gasteiger charge is 2.18. The summed E-state index contributed by atoms with van der Waals surface area (Å²) in [5.41, 5.74) is 2.87. The fourth-order valence-electron chi connectivity index (χ4n) is 2.98. The molecule has 2 aromatic rings. The molecule has 2 nitrogen and oxygen atoms in total. The number of methoxy groups -OCH3 is 1. The Labute approximate surface area is 137 Å². The van der Waals surface area contributed by atoms with Gasteiger partial charge in [-0.25, -0.2) is 0 Å². The van der Waals surface area contributed by atoms with E-state index in [4.69, 9.17) is 4.74 Å². The average Bonchev–Trinajstić information content (AvgIpc) is 2.58. The van der Waals surface area contributed by atoms with E-state index in [0.29, 0.717) is 5.92 Å². The quantitative estimate of drug-likeness (QED) is 0.890. The maximum atomic E-state index is 5.24. The molecule has 0 spiro atoms. The molecule has 1 aliphatic heterocycles. The van der Waals surface area contributed by atoms with Gasteiger partial charge in [-0.1, -0.05) is 29.5 Å². The SMILES string of the molecule is COc1ccc(Sc2ccc(C)cc2C2CCNCC2)cc1. The number of piperidine rings is 1. The summed E-state index contributed by atoms with van der Waals surface area (Å²) in [7, 11) is 1.71. The van der Waals surface area contributed by atoms with Gasteiger partial charge in [-0.3, -0.25) is 0 Å². The van der Waals surface area contributed by atoms with Crippen molar-refractivity contribution < 1.29 is 4.74 Å². The van der Waals surface area contributed by atoms with E-state index in [1.54, 1.807) is 7.11 Å². The van der Waals surface area contributed by atoms with Crippen LogP contribution in [0.2, 0.25) is 0 Å². The van der Waals surface area contributed by atoms with Crippen LogP contribution in [0.4, 0.5) is 0 Å². The van der Waals surface area contributed by atoms with Gasteiger partial charge >= 0.3 is 0 Å². The van der Waals surface area contributed by atoms with Crippen molar-refractivity contribution in [1.29, 1.82) is 0 Å². The Morgan fingerprint density at radius 2 is 1.77 bits per heavy atom. The summed E-state index contributed by atoms with van der Waals surface area (Å²) in [6.07, 6.45) is 2.47. The van der Waals surface area contributed by atoms with Crippen molar-refractivity contribution in [2.75, 3.05) is 20.2 Å². The largest absolute Gasteiger partial charge is 0.497 e. The Morgan fingerprint density at radius 1 is 1.05 bits per heavy atom. The Morgan fingerprint density at radius 3 is 2.45 bits per heavy atom. The maximum Gasteiger partial charge on any atom is 0.118 e. The van der Waals surface area contributed by atoms with E-state index in [9.17, 15) is 0 Å². The first-order valence-corrected chi connectivity index (χ1v) is 8.71. The topological polar surface area (TPSA) is 21.3 Å². The third kappa shape index (κ3) is 3.65. The molecule has 1 aliphatic rings. The highest BCUT2D eigenvalue weighted by Crippen LogP contribution is 2.38. The second-order valence-electron chi connectivity index (χ2n) is 5.84. The molecule has 0 radical (unpaired) electrons. The molecule has 0 amide bonds. The summed E-state index contributed by atoms with van der Waals surface area (Å²) >= 11 is 1.86. The third-order valence-corrected chi connectivity index (χ3v) is 5.33. The molecular weight excluding hydrogens is 290 g/mol. The van der Waals surface area contributed by atoms with E-state index >= 15 is 0 Å². The summed E-state index contributed by atoms with van der Waals surface area (Å²) in [6, 6.07) is 15.2. The molecule has 0 unspecified atom stereocenters. The van der Waals surface area contributed by atoms with Crippen molar-refractivity contribution >= 4 is 11.8 Å². The first-order chi connectivity index (χ1) is 10.8. The van der Waals surface area contributed by atoms with Crippen LogP contribution >= 0.6 is 11.8 Å². The van der Waals surface area contributed by atoms with Gasteiger partial charge in [0.05, 0.1) is 7.11 Å². The summed E-state index contributed by atoms with van der Waals surface area (Å²) in [6.45, 7) is 4.45. The number of hydrogen-bond acceptors (Lipinski definition) is 3. The van der Waals surface area contributed by atoms with Crippen LogP contribution < -0.4 is 10.1 Å². The highest BCUT2D eigenvalue weighted by molar-refractivity contribution is 7.99. The summed E-state index contributed by atoms with van der Waals surface area (Å²) in [5.74, 6) is 1.59. The molecule has 22 heavy (non-hydrogen) atoms. The molecule has 3 rings (SSSR count). The number of ether oxygens (including phenoxy) is 1. The molecule has 1 saturated heterocycles. The van der Waals surface area contributed by atoms with E-state index in [-0.39, 0.29) is 0 Å². The Balaban J connectivity index is 1.85. The van der Waals surface area contributed by atoms with Crippen molar-refractivity contribution in [2.45, 2.75) is 35.5 Å². The van der Waals surface area contributed by atoms with Crippen molar-refractivity contribution in [1.82, 2.24) is 5.32 Å². The van der Waals surface area contributed by atoms with E-state index in [2.05, 4.69) is 42.6 Å². The average molecular weight is 313 g/mol. The van der Waals surface area contributed by atoms with Crippen LogP contribution in [0.25, 0.3) is 0 Å². The number of benzene rings is 2. The minimum absolute atomic E-state index is 0.682. The van der Waals surface area contributed by atoms with Gasteiger partial charge in [0.15, 0.2) is 0 Å². The maximum absolute atomic E-state index is 5.24. The van der Waals surface area contributed by atoms with Crippen LogP contribution in [0.3, 0.4) is 0 Å². The van der Waals surface area contributed by atoms with Gasteiger partial charge in [-0.2, -0.15) is 0 Å². The predicted octanol–water partition coefficient (Wildman–Crippen LogP) is 4.62. The molecule has 0 saturated carbocycles. The van der Waals surface area contributed by atoms with Gasteiger partial charge in [0.2, 0.25) is 0 Å².